The van der Waals surface area contributed by atoms with Gasteiger partial charge in [0.05, 0.1) is 105 Å². The summed E-state index contributed by atoms with van der Waals surface area (Å²) in [6, 6.07) is 9.67. The van der Waals surface area contributed by atoms with Crippen molar-refractivity contribution in [2.45, 2.75) is 121 Å². The van der Waals surface area contributed by atoms with Crippen LogP contribution in [0.2, 0.25) is 0 Å². The zero-order valence-corrected chi connectivity index (χ0v) is 40.5. The Morgan fingerprint density at radius 1 is 0.653 bits per heavy atom. The molecule has 4 aromatic rings. The van der Waals surface area contributed by atoms with Gasteiger partial charge in [-0.3, -0.25) is 9.59 Å². The molecule has 6 atom stereocenters. The van der Waals surface area contributed by atoms with Crippen LogP contribution in [0.4, 0.5) is 26.3 Å². The van der Waals surface area contributed by atoms with E-state index in [1.54, 1.807) is 0 Å². The van der Waals surface area contributed by atoms with E-state index in [1.807, 2.05) is 12.1 Å². The highest BCUT2D eigenvalue weighted by Gasteiger charge is 2.53. The Bertz CT molecular complexity index is 2800. The minimum Gasteiger partial charge on any atom is -0.381 e. The molecule has 0 saturated heterocycles. The van der Waals surface area contributed by atoms with E-state index in [2.05, 4.69) is 31.3 Å². The lowest BCUT2D eigenvalue weighted by Gasteiger charge is -2.19. The maximum absolute atomic E-state index is 14.0. The summed E-state index contributed by atoms with van der Waals surface area (Å²) in [7, 11) is -3.54. The van der Waals surface area contributed by atoms with Crippen molar-refractivity contribution in [1.82, 2.24) is 40.6 Å². The van der Waals surface area contributed by atoms with Crippen molar-refractivity contribution in [3.8, 4) is 23.5 Å². The molecule has 4 aliphatic rings. The highest BCUT2D eigenvalue weighted by molar-refractivity contribution is 7.92. The minimum atomic E-state index is -4.98. The molecular formula is C44H48F6N10O10S2. The number of aromatic nitrogens is 6. The Morgan fingerprint density at radius 2 is 1.01 bits per heavy atom. The molecular weight excluding hydrogens is 1010 g/mol. The number of benzene rings is 2. The fraction of sp³-hybridized carbons (Fsp3) is 0.545. The predicted molar refractivity (Wildman–Crippen MR) is 235 cm³/mol. The average Bonchev–Trinajstić information content (AvgIpc) is 3.89. The summed E-state index contributed by atoms with van der Waals surface area (Å²) in [6.07, 6.45) is -7.64. The number of sulfone groups is 2. The Labute approximate surface area is 408 Å². The van der Waals surface area contributed by atoms with Gasteiger partial charge in [-0.15, -0.1) is 10.2 Å². The molecule has 4 fully saturated rings. The Morgan fingerprint density at radius 3 is 1.31 bits per heavy atom. The first kappa shape index (κ1) is 53.8. The molecule has 72 heavy (non-hydrogen) atoms. The minimum absolute atomic E-state index is 0.0270. The first-order valence-corrected chi connectivity index (χ1v) is 25.2. The van der Waals surface area contributed by atoms with Gasteiger partial charge in [-0.05, 0) is 87.8 Å². The van der Waals surface area contributed by atoms with Crippen LogP contribution in [0, 0.1) is 34.5 Å². The van der Waals surface area contributed by atoms with Gasteiger partial charge < -0.3 is 29.6 Å². The summed E-state index contributed by atoms with van der Waals surface area (Å²) in [6.45, 7) is 0.205. The number of halogens is 6. The zero-order valence-electron chi connectivity index (χ0n) is 38.9. The van der Waals surface area contributed by atoms with E-state index in [1.165, 1.54) is 53.0 Å². The summed E-state index contributed by atoms with van der Waals surface area (Å²) in [5.74, 6) is -2.90. The number of nitrogens with one attached hydrogen (secondary N) is 2. The van der Waals surface area contributed by atoms with Crippen LogP contribution in [-0.2, 0) is 73.8 Å². The van der Waals surface area contributed by atoms with Crippen molar-refractivity contribution in [2.75, 3.05) is 28.4 Å². The summed E-state index contributed by atoms with van der Waals surface area (Å²) in [5.41, 5.74) is -3.89. The molecule has 388 valence electrons. The first-order chi connectivity index (χ1) is 33.9. The van der Waals surface area contributed by atoms with Gasteiger partial charge in [-0.2, -0.15) is 36.9 Å². The van der Waals surface area contributed by atoms with Crippen molar-refractivity contribution in [3.05, 3.63) is 71.3 Å². The van der Waals surface area contributed by atoms with Gasteiger partial charge in [-0.25, -0.2) is 26.2 Å². The van der Waals surface area contributed by atoms with E-state index in [4.69, 9.17) is 18.9 Å². The highest BCUT2D eigenvalue weighted by atomic mass is 32.2. The van der Waals surface area contributed by atoms with Crippen LogP contribution in [0.1, 0.15) is 73.9 Å². The molecule has 2 N–H and O–H groups in total. The molecule has 2 aromatic carbocycles. The first-order valence-electron chi connectivity index (χ1n) is 22.1. The average molecular weight is 1060 g/mol. The van der Waals surface area contributed by atoms with Crippen molar-refractivity contribution in [2.24, 2.45) is 11.8 Å². The van der Waals surface area contributed by atoms with Gasteiger partial charge in [0.25, 0.3) is 0 Å². The molecule has 28 heteroatoms. The summed E-state index contributed by atoms with van der Waals surface area (Å²) in [5, 5.41) is 36.3. The van der Waals surface area contributed by atoms with Gasteiger partial charge in [0.2, 0.25) is 11.8 Å². The number of nitriles is 2. The quantitative estimate of drug-likeness (QED) is 0.148. The van der Waals surface area contributed by atoms with Gasteiger partial charge >= 0.3 is 12.4 Å². The fourth-order valence-electron chi connectivity index (χ4n) is 8.82. The molecule has 0 spiro atoms. The molecule has 4 aliphatic carbocycles. The molecule has 2 aromatic heterocycles. The Balaban J connectivity index is 0.000000211. The van der Waals surface area contributed by atoms with Crippen LogP contribution < -0.4 is 10.6 Å². The van der Waals surface area contributed by atoms with Gasteiger partial charge in [0, 0.05) is 28.4 Å². The SMILES string of the molecule is COCc1cn(-c2ccc(S(=O)(=O)[C@@H]3C[C@H](OC)[C@@H](C(=O)NC4(C#N)CC4)C3)c(C(F)(F)F)c2)nn1.COCc1cn(-c2ccc(S(=O)(=O)[C@H]3C[C@@H](OC)[C@H](C(=O)NC4(C#N)CC4)C3)c(C(F)(F)F)c2)nn1. The number of carbonyl (C=O) groups excluding carboxylic acids is 2. The molecule has 8 rings (SSSR count). The fourth-order valence-corrected chi connectivity index (χ4v) is 12.8. The van der Waals surface area contributed by atoms with Gasteiger partial charge in [0.1, 0.15) is 22.5 Å². The maximum Gasteiger partial charge on any atom is 0.417 e. The summed E-state index contributed by atoms with van der Waals surface area (Å²) >= 11 is 0. The molecule has 0 aliphatic heterocycles. The van der Waals surface area contributed by atoms with E-state index >= 15 is 0 Å². The highest BCUT2D eigenvalue weighted by Crippen LogP contribution is 2.45. The van der Waals surface area contributed by atoms with Gasteiger partial charge in [0.15, 0.2) is 19.7 Å². The summed E-state index contributed by atoms with van der Waals surface area (Å²) in [4.78, 5) is 23.8. The van der Waals surface area contributed by atoms with Crippen LogP contribution >= 0.6 is 0 Å². The topological polar surface area (TPSA) is 272 Å². The lowest BCUT2D eigenvalue weighted by Crippen LogP contribution is -2.42. The molecule has 0 bridgehead atoms. The number of ether oxygens (including phenoxy) is 4. The number of hydrogen-bond acceptors (Lipinski definition) is 16. The third-order valence-corrected chi connectivity index (χ3v) is 17.5. The monoisotopic (exact) mass is 1050 g/mol. The Hall–Kier alpha value is -6.04. The number of nitrogens with zero attached hydrogens (tertiary/aromatic N) is 8. The van der Waals surface area contributed by atoms with E-state index < -0.39 is 110 Å². The second-order valence-electron chi connectivity index (χ2n) is 17.9. The number of methoxy groups -OCH3 is 4. The molecule has 0 radical (unpaired) electrons. The van der Waals surface area contributed by atoms with Crippen molar-refractivity contribution < 1.29 is 71.7 Å². The van der Waals surface area contributed by atoms with Crippen LogP contribution in [0.15, 0.2) is 58.6 Å². The lowest BCUT2D eigenvalue weighted by atomic mass is 10.0. The standard InChI is InChI=1S/2C22H24F3N5O5S/c2*1-34-11-13-10-30(29-28-13)14-3-4-19(17(7-14)22(23,24)25)36(32,33)15-8-16(18(9-15)35-2)20(31)27-21(12-26)5-6-21/h2*3-4,7,10,15-16,18H,5-6,8-9,11H2,1-2H3,(H,27,31)/t2*15-,16-,18-/m10/s1. The van der Waals surface area contributed by atoms with Gasteiger partial charge in [-0.1, -0.05) is 10.4 Å². The number of amides is 2. The van der Waals surface area contributed by atoms with E-state index in [0.29, 0.717) is 49.2 Å². The van der Waals surface area contributed by atoms with Crippen LogP contribution in [0.5, 0.6) is 0 Å². The predicted octanol–water partition coefficient (Wildman–Crippen LogP) is 4.34. The summed E-state index contributed by atoms with van der Waals surface area (Å²) < 4.78 is 161. The van der Waals surface area contributed by atoms with Crippen LogP contribution in [-0.4, -0.2) is 121 Å². The normalized spacial score (nSPS) is 23.3. The van der Waals surface area contributed by atoms with Crippen LogP contribution in [0.25, 0.3) is 11.4 Å². The third kappa shape index (κ3) is 11.3. The number of hydrogen-bond donors (Lipinski definition) is 2. The molecule has 2 heterocycles. The smallest absolute Gasteiger partial charge is 0.381 e. The molecule has 2 amide bonds. The maximum atomic E-state index is 14.0. The zero-order chi connectivity index (χ0) is 52.6. The number of alkyl halides is 6. The van der Waals surface area contributed by atoms with Crippen molar-refractivity contribution in [1.29, 1.82) is 10.5 Å². The van der Waals surface area contributed by atoms with E-state index in [0.717, 1.165) is 21.5 Å². The number of rotatable bonds is 16. The second-order valence-corrected chi connectivity index (χ2v) is 22.3. The van der Waals surface area contributed by atoms with Crippen molar-refractivity contribution in [3.63, 3.8) is 0 Å². The third-order valence-electron chi connectivity index (χ3n) is 13.1. The largest absolute Gasteiger partial charge is 0.417 e. The number of carbonyl (C=O) groups is 2. The lowest BCUT2D eigenvalue weighted by molar-refractivity contribution is -0.140. The van der Waals surface area contributed by atoms with Crippen molar-refractivity contribution >= 4 is 31.5 Å². The molecule has 4 saturated carbocycles. The molecule has 20 nitrogen and oxygen atoms in total. The van der Waals surface area contributed by atoms with Crippen LogP contribution in [0.3, 0.4) is 0 Å². The van der Waals surface area contributed by atoms with E-state index in [9.17, 15) is 63.3 Å². The molecule has 0 unspecified atom stereocenters. The van der Waals surface area contributed by atoms with E-state index in [-0.39, 0.29) is 50.3 Å². The Kier molecular flexibility index (Phi) is 15.3. The second kappa shape index (κ2) is 20.5.